The van der Waals surface area contributed by atoms with Gasteiger partial charge in [0.1, 0.15) is 0 Å². The monoisotopic (exact) mass is 587 g/mol. The van der Waals surface area contributed by atoms with Crippen LogP contribution in [0.25, 0.3) is 0 Å². The number of rotatable bonds is 13. The number of aryl methyl sites for hydroxylation is 2. The molecule has 226 valence electrons. The Balaban J connectivity index is 1.51. The standard InChI is InChI=1S/C32H37N5O6/c1-23-11-12-25(20-27(23)37(40)41)30-29(32(38)39)26(22-42-19-17-35-14-3-2-4-15-35)34-31(28-10-7-18-43-28)36(30)16-6-9-24-8-5-13-33-21-24/h5,7-8,10-13,18,20-21,30H,2-4,6,9,14-17,19,22H2,1H3,(H,38,39). The van der Waals surface area contributed by atoms with Crippen molar-refractivity contribution in [3.63, 3.8) is 0 Å². The Morgan fingerprint density at radius 2 is 2.00 bits per heavy atom. The molecule has 1 fully saturated rings. The highest BCUT2D eigenvalue weighted by atomic mass is 16.6. The Hall–Kier alpha value is -4.35. The lowest BCUT2D eigenvalue weighted by molar-refractivity contribution is -0.385. The van der Waals surface area contributed by atoms with Crippen LogP contribution in [0.1, 0.15) is 54.2 Å². The summed E-state index contributed by atoms with van der Waals surface area (Å²) in [6.07, 6.45) is 10.0. The number of furan rings is 1. The molecule has 0 bridgehead atoms. The van der Waals surface area contributed by atoms with Gasteiger partial charge in [-0.2, -0.15) is 0 Å². The fraction of sp³-hybridized carbons (Fsp3) is 0.406. The SMILES string of the molecule is Cc1ccc(C2C(C(=O)O)=C(COCCN3CCCCC3)N=C(c3ccco3)N2CCCc2cccnc2)cc1[N+](=O)[O-]. The van der Waals surface area contributed by atoms with Gasteiger partial charge in [0.15, 0.2) is 11.6 Å². The number of carbonyl (C=O) groups is 1. The van der Waals surface area contributed by atoms with E-state index in [0.717, 1.165) is 25.2 Å². The first kappa shape index (κ1) is 30.1. The fourth-order valence-corrected chi connectivity index (χ4v) is 5.76. The molecule has 43 heavy (non-hydrogen) atoms. The predicted molar refractivity (Wildman–Crippen MR) is 161 cm³/mol. The van der Waals surface area contributed by atoms with E-state index in [9.17, 15) is 20.0 Å². The Kier molecular flexibility index (Phi) is 9.96. The molecule has 1 aromatic carbocycles. The third-order valence-electron chi connectivity index (χ3n) is 7.95. The summed E-state index contributed by atoms with van der Waals surface area (Å²) in [5, 5.41) is 22.5. The second kappa shape index (κ2) is 14.2. The van der Waals surface area contributed by atoms with Gasteiger partial charge in [-0.3, -0.25) is 15.1 Å². The summed E-state index contributed by atoms with van der Waals surface area (Å²) >= 11 is 0. The third-order valence-corrected chi connectivity index (χ3v) is 7.95. The van der Waals surface area contributed by atoms with Gasteiger partial charge in [-0.25, -0.2) is 9.79 Å². The number of piperidine rings is 1. The summed E-state index contributed by atoms with van der Waals surface area (Å²) in [6, 6.07) is 11.4. The Labute approximate surface area is 250 Å². The number of hydrogen-bond donors (Lipinski definition) is 1. The van der Waals surface area contributed by atoms with E-state index < -0.39 is 16.9 Å². The number of amidine groups is 1. The molecule has 2 aliphatic rings. The van der Waals surface area contributed by atoms with Gasteiger partial charge in [0.2, 0.25) is 0 Å². The van der Waals surface area contributed by atoms with Crippen LogP contribution in [0.5, 0.6) is 0 Å². The Morgan fingerprint density at radius 3 is 2.70 bits per heavy atom. The maximum absolute atomic E-state index is 13.0. The second-order valence-corrected chi connectivity index (χ2v) is 10.9. The number of likely N-dealkylation sites (tertiary alicyclic amines) is 1. The summed E-state index contributed by atoms with van der Waals surface area (Å²) < 4.78 is 11.8. The lowest BCUT2D eigenvalue weighted by atomic mass is 9.91. The van der Waals surface area contributed by atoms with E-state index >= 15 is 0 Å². The van der Waals surface area contributed by atoms with Crippen molar-refractivity contribution in [2.75, 3.05) is 39.4 Å². The van der Waals surface area contributed by atoms with E-state index in [4.69, 9.17) is 14.1 Å². The first-order chi connectivity index (χ1) is 20.9. The zero-order valence-electron chi connectivity index (χ0n) is 24.4. The molecular weight excluding hydrogens is 550 g/mol. The smallest absolute Gasteiger partial charge is 0.336 e. The van der Waals surface area contributed by atoms with Crippen molar-refractivity contribution in [1.82, 2.24) is 14.8 Å². The van der Waals surface area contributed by atoms with Gasteiger partial charge in [0.05, 0.1) is 41.7 Å². The second-order valence-electron chi connectivity index (χ2n) is 10.9. The molecule has 0 aliphatic carbocycles. The molecule has 2 aromatic heterocycles. The summed E-state index contributed by atoms with van der Waals surface area (Å²) in [4.78, 5) is 37.7. The molecule has 0 amide bonds. The number of hydrogen-bond acceptors (Lipinski definition) is 9. The van der Waals surface area contributed by atoms with Crippen LogP contribution < -0.4 is 0 Å². The molecule has 5 rings (SSSR count). The number of pyridine rings is 1. The topological polar surface area (TPSA) is 135 Å². The van der Waals surface area contributed by atoms with E-state index in [2.05, 4.69) is 9.88 Å². The molecule has 11 heteroatoms. The molecule has 1 unspecified atom stereocenters. The van der Waals surface area contributed by atoms with Gasteiger partial charge in [0, 0.05) is 37.1 Å². The van der Waals surface area contributed by atoms with Crippen LogP contribution in [-0.2, 0) is 16.0 Å². The van der Waals surface area contributed by atoms with E-state index in [1.54, 1.807) is 49.8 Å². The Morgan fingerprint density at radius 1 is 1.16 bits per heavy atom. The number of carboxylic acid groups (broad SMARTS) is 1. The number of nitrogens with zero attached hydrogens (tertiary/aromatic N) is 5. The number of nitro groups is 1. The van der Waals surface area contributed by atoms with Crippen molar-refractivity contribution >= 4 is 17.5 Å². The average molecular weight is 588 g/mol. The van der Waals surface area contributed by atoms with Crippen LogP contribution in [0.3, 0.4) is 0 Å². The number of ether oxygens (including phenoxy) is 1. The number of aromatic nitrogens is 1. The van der Waals surface area contributed by atoms with Crippen molar-refractivity contribution in [2.45, 2.75) is 45.1 Å². The quantitative estimate of drug-likeness (QED) is 0.163. The van der Waals surface area contributed by atoms with Crippen LogP contribution in [-0.4, -0.2) is 76.0 Å². The molecule has 2 aliphatic heterocycles. The predicted octanol–water partition coefficient (Wildman–Crippen LogP) is 5.17. The minimum absolute atomic E-state index is 0.00629. The summed E-state index contributed by atoms with van der Waals surface area (Å²) in [7, 11) is 0. The zero-order chi connectivity index (χ0) is 30.2. The van der Waals surface area contributed by atoms with Crippen molar-refractivity contribution in [2.24, 2.45) is 4.99 Å². The molecular formula is C32H37N5O6. The molecule has 3 aromatic rings. The van der Waals surface area contributed by atoms with Crippen LogP contribution >= 0.6 is 0 Å². The van der Waals surface area contributed by atoms with Crippen molar-refractivity contribution in [1.29, 1.82) is 0 Å². The van der Waals surface area contributed by atoms with Gasteiger partial charge < -0.3 is 24.1 Å². The molecule has 0 spiro atoms. The highest BCUT2D eigenvalue weighted by Crippen LogP contribution is 2.39. The highest BCUT2D eigenvalue weighted by Gasteiger charge is 2.39. The number of carboxylic acids is 1. The number of aliphatic imine (C=N–C) groups is 1. The van der Waals surface area contributed by atoms with Gasteiger partial charge >= 0.3 is 5.97 Å². The first-order valence-electron chi connectivity index (χ1n) is 14.7. The van der Waals surface area contributed by atoms with Crippen LogP contribution in [0.15, 0.2) is 81.8 Å². The minimum atomic E-state index is -1.15. The van der Waals surface area contributed by atoms with Crippen LogP contribution in [0.2, 0.25) is 0 Å². The van der Waals surface area contributed by atoms with E-state index in [-0.39, 0.29) is 23.6 Å². The number of nitro benzene ring substituents is 1. The van der Waals surface area contributed by atoms with E-state index in [0.29, 0.717) is 48.7 Å². The lowest BCUT2D eigenvalue weighted by Crippen LogP contribution is -2.42. The molecule has 1 atom stereocenters. The summed E-state index contributed by atoms with van der Waals surface area (Å²) in [6.45, 7) is 5.36. The van der Waals surface area contributed by atoms with Crippen molar-refractivity contribution < 1.29 is 24.0 Å². The van der Waals surface area contributed by atoms with Crippen LogP contribution in [0, 0.1) is 17.0 Å². The Bertz CT molecular complexity index is 1460. The molecule has 0 radical (unpaired) electrons. The largest absolute Gasteiger partial charge is 0.478 e. The van der Waals surface area contributed by atoms with Gasteiger partial charge in [0.25, 0.3) is 5.69 Å². The number of benzene rings is 1. The van der Waals surface area contributed by atoms with Gasteiger partial charge in [-0.1, -0.05) is 24.6 Å². The number of aliphatic carboxylic acids is 1. The first-order valence-corrected chi connectivity index (χ1v) is 14.7. The normalized spacial score (nSPS) is 17.7. The zero-order valence-corrected chi connectivity index (χ0v) is 24.4. The maximum Gasteiger partial charge on any atom is 0.336 e. The highest BCUT2D eigenvalue weighted by molar-refractivity contribution is 6.01. The van der Waals surface area contributed by atoms with E-state index in [1.165, 1.54) is 25.3 Å². The average Bonchev–Trinajstić information content (AvgIpc) is 3.55. The lowest BCUT2D eigenvalue weighted by Gasteiger charge is -2.38. The molecule has 0 saturated carbocycles. The van der Waals surface area contributed by atoms with Gasteiger partial charge in [-0.05, 0) is 75.0 Å². The minimum Gasteiger partial charge on any atom is -0.478 e. The summed E-state index contributed by atoms with van der Waals surface area (Å²) in [5.41, 5.74) is 2.27. The van der Waals surface area contributed by atoms with Crippen molar-refractivity contribution in [3.8, 4) is 0 Å². The van der Waals surface area contributed by atoms with E-state index in [1.807, 2.05) is 17.0 Å². The molecule has 4 heterocycles. The molecule has 1 saturated heterocycles. The summed E-state index contributed by atoms with van der Waals surface area (Å²) in [5.74, 6) is -0.213. The molecule has 11 nitrogen and oxygen atoms in total. The third kappa shape index (κ3) is 7.36. The van der Waals surface area contributed by atoms with Gasteiger partial charge in [-0.15, -0.1) is 0 Å². The maximum atomic E-state index is 13.0. The van der Waals surface area contributed by atoms with Crippen molar-refractivity contribution in [3.05, 3.63) is 105 Å². The fourth-order valence-electron chi connectivity index (χ4n) is 5.76. The molecule has 1 N–H and O–H groups in total. The van der Waals surface area contributed by atoms with Crippen LogP contribution in [0.4, 0.5) is 5.69 Å².